The fraction of sp³-hybridized carbons (Fsp3) is 0.409. The molecule has 0 radical (unpaired) electrons. The van der Waals surface area contributed by atoms with Gasteiger partial charge in [0.05, 0.1) is 23.8 Å². The molecule has 0 unspecified atom stereocenters. The van der Waals surface area contributed by atoms with Gasteiger partial charge in [0, 0.05) is 25.7 Å². The highest BCUT2D eigenvalue weighted by atomic mass is 16.6. The molecule has 1 aliphatic heterocycles. The molecule has 1 atom stereocenters. The van der Waals surface area contributed by atoms with Crippen molar-refractivity contribution in [3.63, 3.8) is 0 Å². The van der Waals surface area contributed by atoms with Crippen LogP contribution in [0.15, 0.2) is 42.5 Å². The largest absolute Gasteiger partial charge is 0.490 e. The number of aryl methyl sites for hydroxylation is 1. The van der Waals surface area contributed by atoms with Gasteiger partial charge in [-0.2, -0.15) is 10.7 Å². The molecule has 27 heavy (non-hydrogen) atoms. The summed E-state index contributed by atoms with van der Waals surface area (Å²) in [6, 6.07) is 16.5. The maximum Gasteiger partial charge on any atom is 0.148 e. The molecule has 5 nitrogen and oxygen atoms in total. The Hall–Kier alpha value is -2.55. The van der Waals surface area contributed by atoms with Crippen molar-refractivity contribution >= 4 is 0 Å². The number of likely N-dealkylation sites (tertiary alicyclic amines) is 1. The van der Waals surface area contributed by atoms with Crippen LogP contribution < -0.4 is 15.1 Å². The lowest BCUT2D eigenvalue weighted by molar-refractivity contribution is 0.154. The van der Waals surface area contributed by atoms with E-state index in [-0.39, 0.29) is 6.04 Å². The average Bonchev–Trinajstić information content (AvgIpc) is 3.39. The number of nitriles is 1. The second-order valence-electron chi connectivity index (χ2n) is 7.49. The van der Waals surface area contributed by atoms with Crippen molar-refractivity contribution < 1.29 is 9.57 Å². The number of hydrogen-bond donors (Lipinski definition) is 1. The SMILES string of the molecule is Cc1ccc(ON[C@@H]2CCN(Cc3ccc(OC4CC4)cc3)C2)cc1C#N. The zero-order valence-corrected chi connectivity index (χ0v) is 15.6. The van der Waals surface area contributed by atoms with E-state index in [9.17, 15) is 0 Å². The monoisotopic (exact) mass is 363 g/mol. The second-order valence-corrected chi connectivity index (χ2v) is 7.49. The number of nitrogens with one attached hydrogen (secondary N) is 1. The quantitative estimate of drug-likeness (QED) is 0.762. The maximum atomic E-state index is 9.12. The molecule has 1 heterocycles. The molecule has 1 saturated heterocycles. The highest BCUT2D eigenvalue weighted by molar-refractivity contribution is 5.42. The molecule has 5 heteroatoms. The summed E-state index contributed by atoms with van der Waals surface area (Å²) in [4.78, 5) is 8.12. The molecule has 0 spiro atoms. The number of benzene rings is 2. The zero-order valence-electron chi connectivity index (χ0n) is 15.6. The Bertz CT molecular complexity index is 824. The predicted octanol–water partition coefficient (Wildman–Crippen LogP) is 3.57. The lowest BCUT2D eigenvalue weighted by Crippen LogP contribution is -2.34. The lowest BCUT2D eigenvalue weighted by Gasteiger charge is -2.17. The van der Waals surface area contributed by atoms with E-state index in [1.54, 1.807) is 6.07 Å². The van der Waals surface area contributed by atoms with E-state index in [2.05, 4.69) is 40.7 Å². The number of hydrogen-bond acceptors (Lipinski definition) is 5. The molecular formula is C22H25N3O2. The minimum absolute atomic E-state index is 0.286. The van der Waals surface area contributed by atoms with Crippen LogP contribution in [-0.2, 0) is 6.54 Å². The molecule has 0 aromatic heterocycles. The van der Waals surface area contributed by atoms with Crippen LogP contribution in [0.4, 0.5) is 0 Å². The highest BCUT2D eigenvalue weighted by Crippen LogP contribution is 2.27. The van der Waals surface area contributed by atoms with E-state index < -0.39 is 0 Å². The van der Waals surface area contributed by atoms with Crippen molar-refractivity contribution in [2.24, 2.45) is 0 Å². The van der Waals surface area contributed by atoms with E-state index in [4.69, 9.17) is 14.8 Å². The van der Waals surface area contributed by atoms with Crippen molar-refractivity contribution in [2.45, 2.75) is 44.9 Å². The van der Waals surface area contributed by atoms with Crippen LogP contribution in [0.1, 0.15) is 36.0 Å². The number of rotatable bonds is 7. The van der Waals surface area contributed by atoms with Crippen molar-refractivity contribution in [1.82, 2.24) is 10.4 Å². The molecule has 4 rings (SSSR count). The van der Waals surface area contributed by atoms with E-state index in [0.717, 1.165) is 37.4 Å². The summed E-state index contributed by atoms with van der Waals surface area (Å²) in [6.07, 6.45) is 3.86. The smallest absolute Gasteiger partial charge is 0.148 e. The maximum absolute atomic E-state index is 9.12. The van der Waals surface area contributed by atoms with Crippen LogP contribution in [0.2, 0.25) is 0 Å². The van der Waals surface area contributed by atoms with Crippen molar-refractivity contribution in [1.29, 1.82) is 5.26 Å². The fourth-order valence-electron chi connectivity index (χ4n) is 3.32. The molecule has 1 N–H and O–H groups in total. The topological polar surface area (TPSA) is 57.5 Å². The Morgan fingerprint density at radius 3 is 2.63 bits per heavy atom. The minimum Gasteiger partial charge on any atom is -0.490 e. The average molecular weight is 363 g/mol. The second kappa shape index (κ2) is 7.99. The number of ether oxygens (including phenoxy) is 1. The van der Waals surface area contributed by atoms with Gasteiger partial charge in [0.25, 0.3) is 0 Å². The van der Waals surface area contributed by atoms with Gasteiger partial charge < -0.3 is 9.57 Å². The van der Waals surface area contributed by atoms with Crippen molar-refractivity contribution in [3.8, 4) is 17.6 Å². The zero-order chi connectivity index (χ0) is 18.6. The standard InChI is InChI=1S/C22H25N3O2/c1-16-2-5-22(12-18(16)13-23)27-24-19-10-11-25(15-19)14-17-3-6-20(7-4-17)26-21-8-9-21/h2-7,12,19,21,24H,8-11,14-15H2,1H3/t19-/m1/s1. The molecule has 0 amide bonds. The summed E-state index contributed by atoms with van der Waals surface area (Å²) >= 11 is 0. The summed E-state index contributed by atoms with van der Waals surface area (Å²) in [5, 5.41) is 9.12. The van der Waals surface area contributed by atoms with E-state index in [1.807, 2.05) is 19.1 Å². The van der Waals surface area contributed by atoms with E-state index >= 15 is 0 Å². The first kappa shape index (κ1) is 17.8. The molecule has 1 saturated carbocycles. The van der Waals surface area contributed by atoms with Gasteiger partial charge in [0.15, 0.2) is 0 Å². The van der Waals surface area contributed by atoms with Gasteiger partial charge in [0.1, 0.15) is 11.5 Å². The molecule has 0 bridgehead atoms. The summed E-state index contributed by atoms with van der Waals surface area (Å²) in [6.45, 7) is 4.84. The fourth-order valence-corrected chi connectivity index (χ4v) is 3.32. The van der Waals surface area contributed by atoms with E-state index in [1.165, 1.54) is 18.4 Å². The van der Waals surface area contributed by atoms with Crippen molar-refractivity contribution in [3.05, 3.63) is 59.2 Å². The van der Waals surface area contributed by atoms with Gasteiger partial charge in [-0.1, -0.05) is 18.2 Å². The van der Waals surface area contributed by atoms with Gasteiger partial charge in [-0.3, -0.25) is 4.90 Å². The third-order valence-corrected chi connectivity index (χ3v) is 5.10. The van der Waals surface area contributed by atoms with E-state index in [0.29, 0.717) is 17.4 Å². The van der Waals surface area contributed by atoms with Crippen LogP contribution in [0, 0.1) is 18.3 Å². The normalized spacial score (nSPS) is 19.6. The third-order valence-electron chi connectivity index (χ3n) is 5.10. The van der Waals surface area contributed by atoms with Gasteiger partial charge in [-0.05, 0) is 55.5 Å². The van der Waals surface area contributed by atoms with Gasteiger partial charge >= 0.3 is 0 Å². The Balaban J connectivity index is 1.24. The Morgan fingerprint density at radius 2 is 1.89 bits per heavy atom. The molecular weight excluding hydrogens is 338 g/mol. The Morgan fingerprint density at radius 1 is 1.11 bits per heavy atom. The van der Waals surface area contributed by atoms with Crippen LogP contribution in [0.3, 0.4) is 0 Å². The molecule has 140 valence electrons. The van der Waals surface area contributed by atoms with Crippen LogP contribution in [0.5, 0.6) is 11.5 Å². The molecule has 2 aromatic rings. The summed E-state index contributed by atoms with van der Waals surface area (Å²) in [5.41, 5.74) is 6.07. The summed E-state index contributed by atoms with van der Waals surface area (Å²) in [5.74, 6) is 1.66. The first-order valence-corrected chi connectivity index (χ1v) is 9.60. The Labute approximate surface area is 160 Å². The molecule has 1 aliphatic carbocycles. The first-order chi connectivity index (χ1) is 13.2. The van der Waals surface area contributed by atoms with Crippen molar-refractivity contribution in [2.75, 3.05) is 13.1 Å². The van der Waals surface area contributed by atoms with Crippen LogP contribution in [0.25, 0.3) is 0 Å². The number of nitrogens with zero attached hydrogens (tertiary/aromatic N) is 2. The van der Waals surface area contributed by atoms with Crippen LogP contribution >= 0.6 is 0 Å². The van der Waals surface area contributed by atoms with Crippen LogP contribution in [-0.4, -0.2) is 30.1 Å². The lowest BCUT2D eigenvalue weighted by atomic mass is 10.1. The Kier molecular flexibility index (Phi) is 5.28. The molecule has 2 aromatic carbocycles. The van der Waals surface area contributed by atoms with Gasteiger partial charge in [-0.25, -0.2) is 0 Å². The summed E-state index contributed by atoms with van der Waals surface area (Å²) < 4.78 is 5.80. The number of hydroxylamine groups is 1. The predicted molar refractivity (Wildman–Crippen MR) is 103 cm³/mol. The van der Waals surface area contributed by atoms with Gasteiger partial charge in [-0.15, -0.1) is 0 Å². The highest BCUT2D eigenvalue weighted by Gasteiger charge is 2.24. The molecule has 2 fully saturated rings. The molecule has 2 aliphatic rings. The minimum atomic E-state index is 0.286. The van der Waals surface area contributed by atoms with Gasteiger partial charge in [0.2, 0.25) is 0 Å². The first-order valence-electron chi connectivity index (χ1n) is 9.60. The summed E-state index contributed by atoms with van der Waals surface area (Å²) in [7, 11) is 0. The third kappa shape index (κ3) is 4.79.